The van der Waals surface area contributed by atoms with Gasteiger partial charge in [-0.3, -0.25) is 4.98 Å². The Hall–Kier alpha value is -1.70. The quantitative estimate of drug-likeness (QED) is 0.427. The van der Waals surface area contributed by atoms with Gasteiger partial charge in [0.2, 0.25) is 0 Å². The third-order valence-electron chi connectivity index (χ3n) is 11.1. The Morgan fingerprint density at radius 3 is 2.41 bits per heavy atom. The molecule has 0 bridgehead atoms. The van der Waals surface area contributed by atoms with Gasteiger partial charge in [0, 0.05) is 17.8 Å². The number of nitriles is 1. The highest BCUT2D eigenvalue weighted by molar-refractivity contribution is 5.72. The summed E-state index contributed by atoms with van der Waals surface area (Å²) >= 11 is 0. The van der Waals surface area contributed by atoms with E-state index in [4.69, 9.17) is 0 Å². The number of aromatic nitrogens is 1. The highest BCUT2D eigenvalue weighted by atomic mass is 16.3. The summed E-state index contributed by atoms with van der Waals surface area (Å²) in [5.74, 6) is 0. The van der Waals surface area contributed by atoms with E-state index in [-0.39, 0.29) is 21.7 Å². The van der Waals surface area contributed by atoms with Crippen molar-refractivity contribution in [1.82, 2.24) is 4.98 Å². The molecule has 1 aromatic heterocycles. The van der Waals surface area contributed by atoms with Crippen molar-refractivity contribution < 1.29 is 10.2 Å². The van der Waals surface area contributed by atoms with Gasteiger partial charge in [-0.25, -0.2) is 0 Å². The van der Waals surface area contributed by atoms with Crippen LogP contribution in [0.2, 0.25) is 0 Å². The lowest BCUT2D eigenvalue weighted by molar-refractivity contribution is -0.199. The molecule has 2 aliphatic rings. The largest absolute Gasteiger partial charge is 0.393 e. The predicted molar refractivity (Wildman–Crippen MR) is 139 cm³/mol. The van der Waals surface area contributed by atoms with Crippen molar-refractivity contribution in [1.29, 1.82) is 5.26 Å². The summed E-state index contributed by atoms with van der Waals surface area (Å²) in [4.78, 5) is 4.38. The Morgan fingerprint density at radius 1 is 1.18 bits per heavy atom. The van der Waals surface area contributed by atoms with Crippen molar-refractivity contribution in [2.75, 3.05) is 0 Å². The first-order chi connectivity index (χ1) is 15.6. The van der Waals surface area contributed by atoms with Gasteiger partial charge in [-0.05, 0) is 83.8 Å². The average Bonchev–Trinajstić information content (AvgIpc) is 3.04. The zero-order valence-electron chi connectivity index (χ0n) is 22.7. The van der Waals surface area contributed by atoms with Crippen molar-refractivity contribution in [3.05, 3.63) is 36.2 Å². The van der Waals surface area contributed by atoms with Gasteiger partial charge in [-0.2, -0.15) is 5.26 Å². The molecular weight excluding hydrogens is 420 g/mol. The Balaban J connectivity index is 1.98. The minimum atomic E-state index is -1.47. The maximum atomic E-state index is 11.5. The van der Waals surface area contributed by atoms with Gasteiger partial charge < -0.3 is 10.2 Å². The minimum Gasteiger partial charge on any atom is -0.393 e. The van der Waals surface area contributed by atoms with E-state index in [1.807, 2.05) is 32.3 Å². The highest BCUT2D eigenvalue weighted by Crippen LogP contribution is 2.67. The van der Waals surface area contributed by atoms with E-state index < -0.39 is 17.1 Å². The maximum Gasteiger partial charge on any atom is 0.156 e. The van der Waals surface area contributed by atoms with Crippen LogP contribution in [0.5, 0.6) is 0 Å². The van der Waals surface area contributed by atoms with E-state index in [2.05, 4.69) is 64.7 Å². The van der Waals surface area contributed by atoms with Crippen LogP contribution in [0.15, 0.2) is 30.6 Å². The van der Waals surface area contributed by atoms with Crippen molar-refractivity contribution in [2.24, 2.45) is 27.1 Å². The molecule has 0 radical (unpaired) electrons. The van der Waals surface area contributed by atoms with Crippen molar-refractivity contribution in [3.8, 4) is 6.07 Å². The molecule has 0 aromatic carbocycles. The first-order valence-electron chi connectivity index (χ1n) is 13.1. The third-order valence-corrected chi connectivity index (χ3v) is 11.1. The van der Waals surface area contributed by atoms with E-state index in [0.717, 1.165) is 25.7 Å². The summed E-state index contributed by atoms with van der Waals surface area (Å²) in [6.07, 6.45) is 11.1. The molecule has 1 heterocycles. The second kappa shape index (κ2) is 8.75. The third kappa shape index (κ3) is 3.84. The van der Waals surface area contributed by atoms with E-state index in [1.165, 1.54) is 11.1 Å². The van der Waals surface area contributed by atoms with Crippen LogP contribution in [-0.2, 0) is 0 Å². The molecule has 2 N–H and O–H groups in total. The summed E-state index contributed by atoms with van der Waals surface area (Å²) in [5.41, 5.74) is 0.0604. The highest BCUT2D eigenvalue weighted by Gasteiger charge is 2.64. The number of hydrogen-bond donors (Lipinski definition) is 2. The first kappa shape index (κ1) is 26.9. The molecular formula is C30H46N2O2. The molecule has 188 valence electrons. The molecule has 0 saturated heterocycles. The van der Waals surface area contributed by atoms with Gasteiger partial charge in [0.15, 0.2) is 5.60 Å². The summed E-state index contributed by atoms with van der Waals surface area (Å²) in [6.45, 7) is 18.0. The normalized spacial score (nSPS) is 35.3. The van der Waals surface area contributed by atoms with Crippen molar-refractivity contribution in [3.63, 3.8) is 0 Å². The zero-order chi connectivity index (χ0) is 25.6. The fourth-order valence-corrected chi connectivity index (χ4v) is 7.28. The molecule has 2 aliphatic carbocycles. The van der Waals surface area contributed by atoms with Gasteiger partial charge in [0.25, 0.3) is 0 Å². The molecule has 1 fully saturated rings. The Bertz CT molecular complexity index is 962. The van der Waals surface area contributed by atoms with E-state index in [1.54, 1.807) is 0 Å². The molecule has 0 aliphatic heterocycles. The molecule has 0 unspecified atom stereocenters. The molecule has 0 amide bonds. The maximum absolute atomic E-state index is 11.5. The number of allylic oxidation sites excluding steroid dienone is 2. The summed E-state index contributed by atoms with van der Waals surface area (Å²) < 4.78 is 0. The zero-order valence-corrected chi connectivity index (χ0v) is 22.7. The second-order valence-electron chi connectivity index (χ2n) is 13.0. The molecule has 4 nitrogen and oxygen atoms in total. The summed E-state index contributed by atoms with van der Waals surface area (Å²) in [5, 5.41) is 32.2. The lowest BCUT2D eigenvalue weighted by Gasteiger charge is -2.63. The molecule has 1 saturated carbocycles. The molecule has 5 atom stereocenters. The molecule has 0 spiro atoms. The van der Waals surface area contributed by atoms with E-state index in [0.29, 0.717) is 19.3 Å². The van der Waals surface area contributed by atoms with Gasteiger partial charge >= 0.3 is 0 Å². The summed E-state index contributed by atoms with van der Waals surface area (Å²) in [6, 6.07) is 6.44. The number of aliphatic hydroxyl groups excluding tert-OH is 1. The number of rotatable bonds is 7. The lowest BCUT2D eigenvalue weighted by atomic mass is 9.42. The summed E-state index contributed by atoms with van der Waals surface area (Å²) in [7, 11) is 0. The van der Waals surface area contributed by atoms with Crippen molar-refractivity contribution >= 4 is 5.57 Å². The SMILES string of the molecule is CC[C@@](O)(C#N)[C@@]1(C)C[C@@H](O)CC[C@]1(C)C(C)(C)CC[C@]1(C)C(c2cccnc2)=CCC1(C)C. The van der Waals surface area contributed by atoms with Crippen LogP contribution in [0.25, 0.3) is 5.57 Å². The van der Waals surface area contributed by atoms with E-state index in [9.17, 15) is 15.5 Å². The van der Waals surface area contributed by atoms with Gasteiger partial charge in [0.05, 0.1) is 12.2 Å². The topological polar surface area (TPSA) is 77.1 Å². The molecule has 3 rings (SSSR count). The number of aliphatic hydroxyl groups is 2. The van der Waals surface area contributed by atoms with Gasteiger partial charge in [-0.1, -0.05) is 67.5 Å². The van der Waals surface area contributed by atoms with Crippen LogP contribution in [0.4, 0.5) is 0 Å². The average molecular weight is 467 g/mol. The Labute approximate surface area is 207 Å². The molecule has 34 heavy (non-hydrogen) atoms. The van der Waals surface area contributed by atoms with E-state index >= 15 is 0 Å². The second-order valence-corrected chi connectivity index (χ2v) is 13.0. The monoisotopic (exact) mass is 466 g/mol. The Morgan fingerprint density at radius 2 is 1.85 bits per heavy atom. The lowest BCUT2D eigenvalue weighted by Crippen LogP contribution is -2.63. The van der Waals surface area contributed by atoms with Crippen molar-refractivity contribution in [2.45, 2.75) is 112 Å². The van der Waals surface area contributed by atoms with Crippen LogP contribution in [0, 0.1) is 38.4 Å². The van der Waals surface area contributed by atoms with Crippen LogP contribution >= 0.6 is 0 Å². The fraction of sp³-hybridized carbons (Fsp3) is 0.733. The van der Waals surface area contributed by atoms with Crippen LogP contribution in [0.1, 0.15) is 106 Å². The molecule has 4 heteroatoms. The number of pyridine rings is 1. The van der Waals surface area contributed by atoms with Crippen LogP contribution < -0.4 is 0 Å². The smallest absolute Gasteiger partial charge is 0.156 e. The predicted octanol–water partition coefficient (Wildman–Crippen LogP) is 6.93. The van der Waals surface area contributed by atoms with Gasteiger partial charge in [-0.15, -0.1) is 0 Å². The standard InChI is InChI=1S/C30H46N2O2/c1-9-30(34,21-31)29(8)19-23(33)12-15-28(29,7)26(4,5)16-17-27(6)24(13-14-25(27,2)3)22-11-10-18-32-20-22/h10-11,13,18,20,23,33-34H,9,12,14-17,19H2,1-8H3/t23-,27+,28+,29-,30+/m0/s1. The van der Waals surface area contributed by atoms with Crippen LogP contribution in [0.3, 0.4) is 0 Å². The minimum absolute atomic E-state index is 0.00939. The number of nitrogens with zero attached hydrogens (tertiary/aromatic N) is 2. The Kier molecular flexibility index (Phi) is 6.92. The van der Waals surface area contributed by atoms with Gasteiger partial charge in [0.1, 0.15) is 0 Å². The molecule has 1 aromatic rings. The first-order valence-corrected chi connectivity index (χ1v) is 13.1. The van der Waals surface area contributed by atoms with Crippen LogP contribution in [-0.4, -0.2) is 26.9 Å². The fourth-order valence-electron chi connectivity index (χ4n) is 7.28. The number of hydrogen-bond acceptors (Lipinski definition) is 4.